The average molecular weight is 315 g/mol. The van der Waals surface area contributed by atoms with Crippen LogP contribution in [0.2, 0.25) is 18.1 Å². The van der Waals surface area contributed by atoms with Gasteiger partial charge >= 0.3 is 5.97 Å². The second-order valence-corrected chi connectivity index (χ2v) is 10.5. The first kappa shape index (κ1) is 18.2. The number of hydrogen-bond acceptors (Lipinski definition) is 4. The summed E-state index contributed by atoms with van der Waals surface area (Å²) in [6, 6.07) is 2.96. The van der Waals surface area contributed by atoms with Crippen LogP contribution < -0.4 is 0 Å². The molecule has 1 atom stereocenters. The Bertz CT molecular complexity index is 376. The summed E-state index contributed by atoms with van der Waals surface area (Å²) in [4.78, 5) is 25.5. The zero-order chi connectivity index (χ0) is 16.1. The summed E-state index contributed by atoms with van der Waals surface area (Å²) in [6.07, 6.45) is 0.655. The lowest BCUT2D eigenvalue weighted by atomic mass is 10.0. The van der Waals surface area contributed by atoms with Crippen LogP contribution in [0.3, 0.4) is 0 Å². The van der Waals surface area contributed by atoms with E-state index in [9.17, 15) is 9.59 Å². The molecule has 1 amide bonds. The maximum Gasteiger partial charge on any atom is 0.310 e. The van der Waals surface area contributed by atoms with Crippen molar-refractivity contribution in [1.29, 1.82) is 0 Å². The monoisotopic (exact) mass is 315 g/mol. The van der Waals surface area contributed by atoms with Crippen LogP contribution in [0.15, 0.2) is 0 Å². The van der Waals surface area contributed by atoms with Crippen LogP contribution in [0.5, 0.6) is 0 Å². The van der Waals surface area contributed by atoms with Crippen LogP contribution in [0.4, 0.5) is 0 Å². The summed E-state index contributed by atoms with van der Waals surface area (Å²) >= 11 is 0. The van der Waals surface area contributed by atoms with Crippen molar-refractivity contribution in [1.82, 2.24) is 4.90 Å². The molecule has 1 heterocycles. The van der Waals surface area contributed by atoms with Gasteiger partial charge in [0.25, 0.3) is 0 Å². The Balaban J connectivity index is 2.95. The molecule has 122 valence electrons. The van der Waals surface area contributed by atoms with Gasteiger partial charge in [-0.2, -0.15) is 0 Å². The minimum absolute atomic E-state index is 0.0630. The minimum Gasteiger partial charge on any atom is -0.466 e. The third kappa shape index (κ3) is 4.07. The number of carbonyl (C=O) groups excluding carboxylic acids is 2. The molecule has 1 unspecified atom stereocenters. The highest BCUT2D eigenvalue weighted by atomic mass is 28.4. The number of β-lactam (4-membered cyclic amide) rings is 1. The van der Waals surface area contributed by atoms with Gasteiger partial charge < -0.3 is 14.1 Å². The molecule has 1 aliphatic rings. The Morgan fingerprint density at radius 3 is 2.14 bits per heavy atom. The first-order valence-electron chi connectivity index (χ1n) is 8.02. The zero-order valence-electron chi connectivity index (χ0n) is 14.0. The van der Waals surface area contributed by atoms with Crippen LogP contribution in [0.25, 0.3) is 0 Å². The molecule has 1 rings (SSSR count). The van der Waals surface area contributed by atoms with E-state index in [0.717, 1.165) is 18.1 Å². The van der Waals surface area contributed by atoms with E-state index in [-0.39, 0.29) is 18.3 Å². The van der Waals surface area contributed by atoms with Crippen LogP contribution in [-0.2, 0) is 18.8 Å². The van der Waals surface area contributed by atoms with E-state index in [1.165, 1.54) is 0 Å². The quantitative estimate of drug-likeness (QED) is 0.373. The smallest absolute Gasteiger partial charge is 0.310 e. The normalized spacial score (nSPS) is 18.1. The van der Waals surface area contributed by atoms with Gasteiger partial charge in [-0.3, -0.25) is 9.59 Å². The molecular weight excluding hydrogens is 286 g/mol. The van der Waals surface area contributed by atoms with Crippen LogP contribution in [0.1, 0.15) is 47.5 Å². The lowest BCUT2D eigenvalue weighted by Crippen LogP contribution is -2.63. The van der Waals surface area contributed by atoms with Gasteiger partial charge in [0, 0.05) is 13.0 Å². The number of nitrogens with zero attached hydrogens (tertiary/aromatic N) is 1. The van der Waals surface area contributed by atoms with Crippen molar-refractivity contribution in [2.75, 3.05) is 13.2 Å². The summed E-state index contributed by atoms with van der Waals surface area (Å²) in [5.74, 6) is -0.237. The molecule has 1 saturated heterocycles. The zero-order valence-corrected chi connectivity index (χ0v) is 15.0. The average Bonchev–Trinajstić information content (AvgIpc) is 2.43. The first-order chi connectivity index (χ1) is 9.86. The van der Waals surface area contributed by atoms with Gasteiger partial charge in [0.05, 0.1) is 13.0 Å². The van der Waals surface area contributed by atoms with Crippen molar-refractivity contribution in [3.8, 4) is 0 Å². The molecule has 6 heteroatoms. The fraction of sp³-hybridized carbons (Fsp3) is 0.867. The molecule has 0 aromatic carbocycles. The van der Waals surface area contributed by atoms with Crippen molar-refractivity contribution in [2.45, 2.75) is 71.3 Å². The highest BCUT2D eigenvalue weighted by Gasteiger charge is 2.47. The lowest BCUT2D eigenvalue weighted by molar-refractivity contribution is -0.176. The Hall–Kier alpha value is -0.883. The molecule has 0 bridgehead atoms. The highest BCUT2D eigenvalue weighted by Crippen LogP contribution is 2.35. The van der Waals surface area contributed by atoms with Gasteiger partial charge in [0.15, 0.2) is 8.32 Å². The standard InChI is InChI=1S/C15H29NO4Si/c1-6-19-14(18)12-15(5,16-11-10-13(16)17)20-21(7-2,8-3)9-4/h6-12H2,1-5H3. The van der Waals surface area contributed by atoms with Gasteiger partial charge in [-0.05, 0) is 32.0 Å². The number of amides is 1. The van der Waals surface area contributed by atoms with Gasteiger partial charge in [-0.25, -0.2) is 0 Å². The van der Waals surface area contributed by atoms with Gasteiger partial charge in [0.2, 0.25) is 5.91 Å². The molecule has 0 aromatic rings. The van der Waals surface area contributed by atoms with E-state index in [1.54, 1.807) is 11.8 Å². The molecule has 0 aliphatic carbocycles. The Morgan fingerprint density at radius 1 is 1.24 bits per heavy atom. The number of carbonyl (C=O) groups is 2. The van der Waals surface area contributed by atoms with Crippen molar-refractivity contribution in [3.05, 3.63) is 0 Å². The summed E-state index contributed by atoms with van der Waals surface area (Å²) < 4.78 is 11.6. The van der Waals surface area contributed by atoms with E-state index in [2.05, 4.69) is 20.8 Å². The number of likely N-dealkylation sites (tertiary alicyclic amines) is 1. The van der Waals surface area contributed by atoms with Gasteiger partial charge in [-0.15, -0.1) is 0 Å². The van der Waals surface area contributed by atoms with Crippen LogP contribution in [0, 0.1) is 0 Å². The molecule has 21 heavy (non-hydrogen) atoms. The number of ether oxygens (including phenoxy) is 1. The summed E-state index contributed by atoms with van der Waals surface area (Å²) in [5, 5.41) is 0. The number of rotatable bonds is 9. The van der Waals surface area contributed by atoms with Crippen molar-refractivity contribution >= 4 is 20.2 Å². The van der Waals surface area contributed by atoms with Crippen molar-refractivity contribution in [3.63, 3.8) is 0 Å². The summed E-state index contributed by atoms with van der Waals surface area (Å²) in [5.41, 5.74) is -0.851. The molecule has 0 spiro atoms. The maximum atomic E-state index is 11.9. The van der Waals surface area contributed by atoms with Gasteiger partial charge in [0.1, 0.15) is 5.72 Å². The topological polar surface area (TPSA) is 55.8 Å². The third-order valence-electron chi connectivity index (χ3n) is 4.57. The fourth-order valence-corrected chi connectivity index (χ4v) is 5.96. The maximum absolute atomic E-state index is 11.9. The predicted molar refractivity (Wildman–Crippen MR) is 84.3 cm³/mol. The Kier molecular flexibility index (Phi) is 6.40. The number of hydrogen-bond donors (Lipinski definition) is 0. The Morgan fingerprint density at radius 2 is 1.81 bits per heavy atom. The van der Waals surface area contributed by atoms with Crippen LogP contribution >= 0.6 is 0 Å². The van der Waals surface area contributed by atoms with E-state index >= 15 is 0 Å². The van der Waals surface area contributed by atoms with E-state index in [1.807, 2.05) is 6.92 Å². The molecular formula is C15H29NO4Si. The molecule has 0 N–H and O–H groups in total. The van der Waals surface area contributed by atoms with E-state index < -0.39 is 14.0 Å². The minimum atomic E-state index is -1.92. The molecule has 1 fully saturated rings. The van der Waals surface area contributed by atoms with Crippen LogP contribution in [-0.4, -0.2) is 44.0 Å². The second-order valence-electron chi connectivity index (χ2n) is 5.80. The molecule has 0 radical (unpaired) electrons. The molecule has 0 aromatic heterocycles. The van der Waals surface area contributed by atoms with E-state index in [0.29, 0.717) is 19.6 Å². The number of esters is 1. The molecule has 1 aliphatic heterocycles. The van der Waals surface area contributed by atoms with Gasteiger partial charge in [-0.1, -0.05) is 20.8 Å². The second kappa shape index (κ2) is 7.40. The summed E-state index contributed by atoms with van der Waals surface area (Å²) in [7, 11) is -1.92. The molecule has 0 saturated carbocycles. The van der Waals surface area contributed by atoms with E-state index in [4.69, 9.17) is 9.16 Å². The first-order valence-corrected chi connectivity index (χ1v) is 10.6. The Labute approximate surface area is 129 Å². The third-order valence-corrected chi connectivity index (χ3v) is 9.31. The molecule has 5 nitrogen and oxygen atoms in total. The fourth-order valence-electron chi connectivity index (χ4n) is 2.91. The lowest BCUT2D eigenvalue weighted by Gasteiger charge is -2.50. The van der Waals surface area contributed by atoms with Crippen molar-refractivity contribution < 1.29 is 18.8 Å². The SMILES string of the molecule is CCOC(=O)CC(C)(O[Si](CC)(CC)CC)N1CCC1=O. The van der Waals surface area contributed by atoms with Crippen molar-refractivity contribution in [2.24, 2.45) is 0 Å². The predicted octanol–water partition coefficient (Wildman–Crippen LogP) is 2.91. The summed E-state index contributed by atoms with van der Waals surface area (Å²) in [6.45, 7) is 11.1. The largest absolute Gasteiger partial charge is 0.466 e. The highest BCUT2D eigenvalue weighted by molar-refractivity contribution is 6.73.